The van der Waals surface area contributed by atoms with E-state index in [0.29, 0.717) is 44.2 Å². The Bertz CT molecular complexity index is 773. The second kappa shape index (κ2) is 8.58. The summed E-state index contributed by atoms with van der Waals surface area (Å²) < 4.78 is 33.3. The topological polar surface area (TPSA) is 92.9 Å². The molecule has 2 aliphatic rings. The molecule has 0 aromatic heterocycles. The number of ether oxygens (including phenoxy) is 1. The number of sulfonamides is 1. The standard InChI is InChI=1S/C19H29N3O4S/c1-26-17-7-6-16(19(23)21-11-8-15(13-20)14-21)12-18(17)27(24,25)22-9-4-2-3-5-10-22/h6-7,12,15H,2-5,8-11,13-14,20H2,1H3. The van der Waals surface area contributed by atoms with Crippen LogP contribution in [-0.2, 0) is 10.0 Å². The molecule has 1 aromatic carbocycles. The summed E-state index contributed by atoms with van der Waals surface area (Å²) in [5, 5.41) is 0. The molecule has 2 aliphatic heterocycles. The van der Waals surface area contributed by atoms with Crippen LogP contribution in [-0.4, -0.2) is 63.4 Å². The molecule has 2 N–H and O–H groups in total. The van der Waals surface area contributed by atoms with Crippen LogP contribution in [0.1, 0.15) is 42.5 Å². The fourth-order valence-electron chi connectivity index (χ4n) is 3.82. The van der Waals surface area contributed by atoms with Gasteiger partial charge in [-0.3, -0.25) is 4.79 Å². The van der Waals surface area contributed by atoms with Crippen LogP contribution in [0.25, 0.3) is 0 Å². The predicted octanol–water partition coefficient (Wildman–Crippen LogP) is 1.68. The monoisotopic (exact) mass is 395 g/mol. The Balaban J connectivity index is 1.90. The number of carbonyl (C=O) groups excluding carboxylic acids is 1. The zero-order valence-electron chi connectivity index (χ0n) is 15.9. The fraction of sp³-hybridized carbons (Fsp3) is 0.632. The van der Waals surface area contributed by atoms with Crippen LogP contribution in [0.4, 0.5) is 0 Å². The minimum absolute atomic E-state index is 0.0762. The van der Waals surface area contributed by atoms with Gasteiger partial charge in [-0.05, 0) is 49.9 Å². The maximum Gasteiger partial charge on any atom is 0.253 e. The number of likely N-dealkylation sites (tertiary alicyclic amines) is 1. The van der Waals surface area contributed by atoms with Crippen molar-refractivity contribution in [2.45, 2.75) is 37.0 Å². The third-order valence-electron chi connectivity index (χ3n) is 5.50. The van der Waals surface area contributed by atoms with E-state index in [0.717, 1.165) is 32.1 Å². The van der Waals surface area contributed by atoms with Gasteiger partial charge in [-0.1, -0.05) is 12.8 Å². The average Bonchev–Trinajstić information content (AvgIpc) is 2.99. The molecular weight excluding hydrogens is 366 g/mol. The number of benzene rings is 1. The molecule has 2 fully saturated rings. The molecular formula is C19H29N3O4S. The van der Waals surface area contributed by atoms with Crippen molar-refractivity contribution in [1.82, 2.24) is 9.21 Å². The van der Waals surface area contributed by atoms with Crippen molar-refractivity contribution >= 4 is 15.9 Å². The van der Waals surface area contributed by atoms with E-state index in [9.17, 15) is 13.2 Å². The van der Waals surface area contributed by atoms with Crippen molar-refractivity contribution in [2.75, 3.05) is 39.8 Å². The first-order valence-corrected chi connectivity index (χ1v) is 11.1. The third-order valence-corrected chi connectivity index (χ3v) is 7.42. The number of nitrogens with zero attached hydrogens (tertiary/aromatic N) is 2. The Morgan fingerprint density at radius 2 is 1.89 bits per heavy atom. The second-order valence-corrected chi connectivity index (χ2v) is 9.23. The lowest BCUT2D eigenvalue weighted by atomic mass is 10.1. The van der Waals surface area contributed by atoms with Crippen LogP contribution in [0.5, 0.6) is 5.75 Å². The Morgan fingerprint density at radius 1 is 1.19 bits per heavy atom. The highest BCUT2D eigenvalue weighted by Gasteiger charge is 2.31. The van der Waals surface area contributed by atoms with E-state index in [4.69, 9.17) is 10.5 Å². The van der Waals surface area contributed by atoms with Crippen LogP contribution >= 0.6 is 0 Å². The van der Waals surface area contributed by atoms with Crippen LogP contribution in [0.15, 0.2) is 23.1 Å². The van der Waals surface area contributed by atoms with Crippen LogP contribution in [0, 0.1) is 5.92 Å². The van der Waals surface area contributed by atoms with Gasteiger partial charge >= 0.3 is 0 Å². The summed E-state index contributed by atoms with van der Waals surface area (Å²) in [6.45, 7) is 2.85. The van der Waals surface area contributed by atoms with Crippen LogP contribution in [0.3, 0.4) is 0 Å². The van der Waals surface area contributed by atoms with E-state index in [-0.39, 0.29) is 16.6 Å². The van der Waals surface area contributed by atoms with Gasteiger partial charge in [-0.15, -0.1) is 0 Å². The maximum atomic E-state index is 13.2. The molecule has 27 heavy (non-hydrogen) atoms. The molecule has 1 atom stereocenters. The Hall–Kier alpha value is -1.64. The van der Waals surface area contributed by atoms with Gasteiger partial charge in [0.1, 0.15) is 10.6 Å². The molecule has 2 saturated heterocycles. The summed E-state index contributed by atoms with van der Waals surface area (Å²) in [5.74, 6) is 0.436. The molecule has 0 radical (unpaired) electrons. The Kier molecular flexibility index (Phi) is 6.39. The third kappa shape index (κ3) is 4.28. The molecule has 3 rings (SSSR count). The normalized spacial score (nSPS) is 21.9. The van der Waals surface area contributed by atoms with Gasteiger partial charge in [0.05, 0.1) is 7.11 Å². The first-order valence-electron chi connectivity index (χ1n) is 9.65. The molecule has 1 amide bonds. The van der Waals surface area contributed by atoms with Gasteiger partial charge in [0, 0.05) is 31.7 Å². The molecule has 2 heterocycles. The largest absolute Gasteiger partial charge is 0.495 e. The molecule has 0 spiro atoms. The maximum absolute atomic E-state index is 13.2. The Morgan fingerprint density at radius 3 is 2.48 bits per heavy atom. The van der Waals surface area contributed by atoms with Crippen molar-refractivity contribution in [1.29, 1.82) is 0 Å². The summed E-state index contributed by atoms with van der Waals surface area (Å²) in [4.78, 5) is 14.7. The van der Waals surface area contributed by atoms with E-state index in [1.165, 1.54) is 17.5 Å². The number of hydrogen-bond donors (Lipinski definition) is 1. The minimum Gasteiger partial charge on any atom is -0.495 e. The van der Waals surface area contributed by atoms with Crippen LogP contribution in [0.2, 0.25) is 0 Å². The van der Waals surface area contributed by atoms with E-state index in [2.05, 4.69) is 0 Å². The molecule has 1 aromatic rings. The number of rotatable bonds is 5. The number of hydrogen-bond acceptors (Lipinski definition) is 5. The SMILES string of the molecule is COc1ccc(C(=O)N2CCC(CN)C2)cc1S(=O)(=O)N1CCCCCC1. The predicted molar refractivity (Wildman–Crippen MR) is 103 cm³/mol. The lowest BCUT2D eigenvalue weighted by Crippen LogP contribution is -2.33. The van der Waals surface area contributed by atoms with Gasteiger partial charge in [0.15, 0.2) is 0 Å². The number of nitrogens with two attached hydrogens (primary N) is 1. The van der Waals surface area contributed by atoms with Gasteiger partial charge in [-0.25, -0.2) is 8.42 Å². The molecule has 0 saturated carbocycles. The van der Waals surface area contributed by atoms with E-state index < -0.39 is 10.0 Å². The van der Waals surface area contributed by atoms with Gasteiger partial charge in [-0.2, -0.15) is 4.31 Å². The average molecular weight is 396 g/mol. The molecule has 150 valence electrons. The lowest BCUT2D eigenvalue weighted by Gasteiger charge is -2.22. The number of methoxy groups -OCH3 is 1. The smallest absolute Gasteiger partial charge is 0.253 e. The zero-order valence-corrected chi connectivity index (χ0v) is 16.7. The van der Waals surface area contributed by atoms with Gasteiger partial charge in [0.2, 0.25) is 10.0 Å². The molecule has 1 unspecified atom stereocenters. The summed E-state index contributed by atoms with van der Waals surface area (Å²) in [7, 11) is -2.26. The summed E-state index contributed by atoms with van der Waals surface area (Å²) in [5.41, 5.74) is 6.09. The van der Waals surface area contributed by atoms with Crippen molar-refractivity contribution in [3.05, 3.63) is 23.8 Å². The van der Waals surface area contributed by atoms with Crippen molar-refractivity contribution < 1.29 is 17.9 Å². The fourth-order valence-corrected chi connectivity index (χ4v) is 5.52. The first-order chi connectivity index (χ1) is 13.0. The summed E-state index contributed by atoms with van der Waals surface area (Å²) in [6, 6.07) is 4.68. The van der Waals surface area contributed by atoms with Gasteiger partial charge in [0.25, 0.3) is 5.91 Å². The van der Waals surface area contributed by atoms with Crippen molar-refractivity contribution in [3.63, 3.8) is 0 Å². The molecule has 8 heteroatoms. The Labute approximate surface area is 161 Å². The number of carbonyl (C=O) groups is 1. The molecule has 7 nitrogen and oxygen atoms in total. The number of amides is 1. The highest BCUT2D eigenvalue weighted by atomic mass is 32.2. The zero-order chi connectivity index (χ0) is 19.4. The minimum atomic E-state index is -3.71. The van der Waals surface area contributed by atoms with E-state index >= 15 is 0 Å². The quantitative estimate of drug-likeness (QED) is 0.819. The van der Waals surface area contributed by atoms with Gasteiger partial charge < -0.3 is 15.4 Å². The van der Waals surface area contributed by atoms with Crippen molar-refractivity contribution in [3.8, 4) is 5.75 Å². The first kappa shape index (κ1) is 20.1. The molecule has 0 bridgehead atoms. The summed E-state index contributed by atoms with van der Waals surface area (Å²) >= 11 is 0. The van der Waals surface area contributed by atoms with E-state index in [1.807, 2.05) is 0 Å². The highest BCUT2D eigenvalue weighted by molar-refractivity contribution is 7.89. The highest BCUT2D eigenvalue weighted by Crippen LogP contribution is 2.30. The summed E-state index contributed by atoms with van der Waals surface area (Å²) in [6.07, 6.45) is 4.68. The van der Waals surface area contributed by atoms with Crippen molar-refractivity contribution in [2.24, 2.45) is 11.7 Å². The second-order valence-electron chi connectivity index (χ2n) is 7.33. The van der Waals surface area contributed by atoms with Crippen LogP contribution < -0.4 is 10.5 Å². The molecule has 0 aliphatic carbocycles. The lowest BCUT2D eigenvalue weighted by molar-refractivity contribution is 0.0787. The van der Waals surface area contributed by atoms with E-state index in [1.54, 1.807) is 17.0 Å².